The van der Waals surface area contributed by atoms with Gasteiger partial charge in [-0.1, -0.05) is 35.5 Å². The summed E-state index contributed by atoms with van der Waals surface area (Å²) in [6.07, 6.45) is 10.2. The Labute approximate surface area is 204 Å². The second-order valence-electron chi connectivity index (χ2n) is 9.35. The fourth-order valence-corrected chi connectivity index (χ4v) is 5.84. The molecule has 35 heavy (non-hydrogen) atoms. The van der Waals surface area contributed by atoms with E-state index in [1.54, 1.807) is 13.0 Å². The lowest BCUT2D eigenvalue weighted by Crippen LogP contribution is -2.51. The SMILES string of the molecule is CCOC(=O)C1(C2=NOC=CC2)CN=C(Nc2c3c(c(-c4ccccc4)c4c2CCC4)CCC3)O1. The van der Waals surface area contributed by atoms with Crippen LogP contribution in [0.2, 0.25) is 0 Å². The molecule has 0 bridgehead atoms. The van der Waals surface area contributed by atoms with Crippen molar-refractivity contribution < 1.29 is 19.1 Å². The molecule has 0 spiro atoms. The summed E-state index contributed by atoms with van der Waals surface area (Å²) in [4.78, 5) is 22.8. The van der Waals surface area contributed by atoms with E-state index in [1.165, 1.54) is 39.6 Å². The number of carbonyl (C=O) groups excluding carboxylic acids is 1. The molecule has 0 saturated carbocycles. The zero-order chi connectivity index (χ0) is 23.8. The molecule has 6 rings (SSSR count). The van der Waals surface area contributed by atoms with Crippen molar-refractivity contribution in [2.24, 2.45) is 10.1 Å². The molecule has 0 radical (unpaired) electrons. The highest BCUT2D eigenvalue weighted by Crippen LogP contribution is 2.46. The Kier molecular flexibility index (Phi) is 5.55. The lowest BCUT2D eigenvalue weighted by molar-refractivity contribution is -0.155. The van der Waals surface area contributed by atoms with Crippen LogP contribution in [-0.2, 0) is 44.8 Å². The maximum atomic E-state index is 13.0. The van der Waals surface area contributed by atoms with Crippen molar-refractivity contribution in [3.8, 4) is 11.1 Å². The number of oxime groups is 1. The largest absolute Gasteiger partial charge is 0.463 e. The van der Waals surface area contributed by atoms with Gasteiger partial charge in [-0.25, -0.2) is 9.79 Å². The number of allylic oxidation sites excluding steroid dienone is 1. The lowest BCUT2D eigenvalue weighted by Gasteiger charge is -2.28. The Morgan fingerprint density at radius 3 is 2.43 bits per heavy atom. The number of aliphatic imine (C=N–C) groups is 1. The van der Waals surface area contributed by atoms with Gasteiger partial charge in [-0.2, -0.15) is 0 Å². The minimum atomic E-state index is -1.40. The number of rotatable bonds is 5. The summed E-state index contributed by atoms with van der Waals surface area (Å²) in [5, 5.41) is 7.61. The fraction of sp³-hybridized carbons (Fsp3) is 0.393. The Balaban J connectivity index is 1.37. The van der Waals surface area contributed by atoms with Gasteiger partial charge in [-0.3, -0.25) is 0 Å². The minimum absolute atomic E-state index is 0.108. The van der Waals surface area contributed by atoms with E-state index in [-0.39, 0.29) is 13.2 Å². The summed E-state index contributed by atoms with van der Waals surface area (Å²) in [6, 6.07) is 11.1. The summed E-state index contributed by atoms with van der Waals surface area (Å²) in [7, 11) is 0. The molecule has 2 aromatic rings. The zero-order valence-corrected chi connectivity index (χ0v) is 19.9. The first-order chi connectivity index (χ1) is 17.2. The predicted octanol–water partition coefficient (Wildman–Crippen LogP) is 4.72. The number of hydrogen-bond donors (Lipinski definition) is 1. The van der Waals surface area contributed by atoms with E-state index >= 15 is 0 Å². The topological polar surface area (TPSA) is 81.5 Å². The summed E-state index contributed by atoms with van der Waals surface area (Å²) >= 11 is 0. The molecule has 2 aliphatic heterocycles. The number of benzene rings is 2. The molecular weight excluding hydrogens is 442 g/mol. The third kappa shape index (κ3) is 3.61. The third-order valence-electron chi connectivity index (χ3n) is 7.36. The van der Waals surface area contributed by atoms with Gasteiger partial charge in [0.25, 0.3) is 11.6 Å². The van der Waals surface area contributed by atoms with Crippen molar-refractivity contribution in [2.45, 2.75) is 57.5 Å². The van der Waals surface area contributed by atoms with Gasteiger partial charge in [0.05, 0.1) is 6.61 Å². The standard InChI is InChI=1S/C28H29N3O4/c1-2-33-26(32)28(23-15-8-16-34-31-23)17-29-27(35-28)30-25-21-13-6-11-19(21)24(18-9-4-3-5-10-18)20-12-7-14-22(20)25/h3-5,8-10,16H,2,6-7,11-15,17H2,1H3,(H,29,30). The monoisotopic (exact) mass is 471 g/mol. The Hall–Kier alpha value is -3.61. The van der Waals surface area contributed by atoms with Gasteiger partial charge in [0.15, 0.2) is 0 Å². The molecule has 180 valence electrons. The van der Waals surface area contributed by atoms with Crippen molar-refractivity contribution in [1.29, 1.82) is 0 Å². The van der Waals surface area contributed by atoms with E-state index < -0.39 is 11.6 Å². The van der Waals surface area contributed by atoms with Gasteiger partial charge >= 0.3 is 5.97 Å². The van der Waals surface area contributed by atoms with Crippen LogP contribution in [0.4, 0.5) is 5.69 Å². The van der Waals surface area contributed by atoms with E-state index in [2.05, 4.69) is 45.8 Å². The first-order valence-electron chi connectivity index (χ1n) is 12.5. The molecule has 7 heteroatoms. The molecule has 0 saturated heterocycles. The van der Waals surface area contributed by atoms with Crippen LogP contribution >= 0.6 is 0 Å². The number of nitrogens with zero attached hydrogens (tertiary/aromatic N) is 2. The summed E-state index contributed by atoms with van der Waals surface area (Å²) in [5.74, 6) is -0.493. The highest BCUT2D eigenvalue weighted by Gasteiger charge is 2.52. The smallest absolute Gasteiger partial charge is 0.358 e. The van der Waals surface area contributed by atoms with Gasteiger partial charge < -0.3 is 19.6 Å². The van der Waals surface area contributed by atoms with Crippen LogP contribution in [0, 0.1) is 0 Å². The molecule has 7 nitrogen and oxygen atoms in total. The Morgan fingerprint density at radius 2 is 1.77 bits per heavy atom. The second-order valence-corrected chi connectivity index (χ2v) is 9.35. The van der Waals surface area contributed by atoms with Gasteiger partial charge in [0.2, 0.25) is 0 Å². The summed E-state index contributed by atoms with van der Waals surface area (Å²) in [6.45, 7) is 2.13. The third-order valence-corrected chi connectivity index (χ3v) is 7.36. The number of esters is 1. The molecule has 0 aromatic heterocycles. The highest BCUT2D eigenvalue weighted by molar-refractivity contribution is 6.14. The molecule has 0 fully saturated rings. The molecule has 2 aromatic carbocycles. The van der Waals surface area contributed by atoms with E-state index in [4.69, 9.17) is 14.3 Å². The van der Waals surface area contributed by atoms with E-state index in [0.29, 0.717) is 18.2 Å². The van der Waals surface area contributed by atoms with Crippen molar-refractivity contribution in [3.05, 3.63) is 64.9 Å². The van der Waals surface area contributed by atoms with Gasteiger partial charge in [-0.15, -0.1) is 0 Å². The van der Waals surface area contributed by atoms with E-state index in [9.17, 15) is 4.79 Å². The van der Waals surface area contributed by atoms with E-state index in [0.717, 1.165) is 44.2 Å². The average molecular weight is 472 g/mol. The van der Waals surface area contributed by atoms with Crippen molar-refractivity contribution >= 4 is 23.4 Å². The van der Waals surface area contributed by atoms with Crippen LogP contribution in [0.15, 0.2) is 52.8 Å². The van der Waals surface area contributed by atoms with Crippen molar-refractivity contribution in [1.82, 2.24) is 0 Å². The quantitative estimate of drug-likeness (QED) is 0.638. The second kappa shape index (κ2) is 8.87. The van der Waals surface area contributed by atoms with Crippen LogP contribution in [0.5, 0.6) is 0 Å². The van der Waals surface area contributed by atoms with Crippen LogP contribution in [0.1, 0.15) is 48.4 Å². The molecule has 2 heterocycles. The number of nitrogens with one attached hydrogen (secondary N) is 1. The number of hydrogen-bond acceptors (Lipinski definition) is 7. The Morgan fingerprint density at radius 1 is 1.06 bits per heavy atom. The molecule has 1 atom stereocenters. The fourth-order valence-electron chi connectivity index (χ4n) is 5.84. The van der Waals surface area contributed by atoms with Crippen molar-refractivity contribution in [3.63, 3.8) is 0 Å². The van der Waals surface area contributed by atoms with Gasteiger partial charge in [0, 0.05) is 12.1 Å². The van der Waals surface area contributed by atoms with Crippen molar-refractivity contribution in [2.75, 3.05) is 18.5 Å². The molecule has 1 unspecified atom stereocenters. The van der Waals surface area contributed by atoms with Crippen LogP contribution in [0.3, 0.4) is 0 Å². The number of anilines is 1. The molecule has 1 N–H and O–H groups in total. The lowest BCUT2D eigenvalue weighted by atomic mass is 9.88. The number of fused-ring (bicyclic) bond motifs is 2. The normalized spacial score (nSPS) is 22.0. The highest BCUT2D eigenvalue weighted by atomic mass is 16.6. The van der Waals surface area contributed by atoms with Gasteiger partial charge in [0.1, 0.15) is 18.5 Å². The number of amidine groups is 1. The van der Waals surface area contributed by atoms with Crippen LogP contribution in [0.25, 0.3) is 11.1 Å². The maximum absolute atomic E-state index is 13.0. The number of ether oxygens (including phenoxy) is 2. The van der Waals surface area contributed by atoms with Crippen LogP contribution < -0.4 is 5.32 Å². The number of carbonyl (C=O) groups is 1. The summed E-state index contributed by atoms with van der Waals surface area (Å²) < 4.78 is 11.6. The predicted molar refractivity (Wildman–Crippen MR) is 135 cm³/mol. The summed E-state index contributed by atoms with van der Waals surface area (Å²) in [5.41, 5.74) is 8.48. The molecule has 2 aliphatic carbocycles. The first-order valence-corrected chi connectivity index (χ1v) is 12.5. The molecular formula is C28H29N3O4. The molecule has 0 amide bonds. The van der Waals surface area contributed by atoms with Crippen LogP contribution in [-0.4, -0.2) is 36.5 Å². The first kappa shape index (κ1) is 21.9. The average Bonchev–Trinajstić information content (AvgIpc) is 3.66. The maximum Gasteiger partial charge on any atom is 0.358 e. The zero-order valence-electron chi connectivity index (χ0n) is 19.9. The van der Waals surface area contributed by atoms with Gasteiger partial charge in [-0.05, 0) is 84.9 Å². The van der Waals surface area contributed by atoms with E-state index in [1.807, 2.05) is 0 Å². The Bertz CT molecular complexity index is 1230. The minimum Gasteiger partial charge on any atom is -0.463 e. The molecule has 4 aliphatic rings.